The van der Waals surface area contributed by atoms with Gasteiger partial charge in [0.25, 0.3) is 5.91 Å². The Morgan fingerprint density at radius 3 is 2.75 bits per heavy atom. The summed E-state index contributed by atoms with van der Waals surface area (Å²) in [5, 5.41) is 2.46. The molecule has 0 saturated carbocycles. The highest BCUT2D eigenvalue weighted by atomic mass is 125. The number of halogens is 2. The van der Waals surface area contributed by atoms with Crippen LogP contribution in [0.3, 0.4) is 0 Å². The summed E-state index contributed by atoms with van der Waals surface area (Å²) in [5.41, 5.74) is 0.475. The van der Waals surface area contributed by atoms with Gasteiger partial charge < -0.3 is 5.32 Å². The molecule has 0 spiro atoms. The van der Waals surface area contributed by atoms with Gasteiger partial charge in [-0.05, 0) is 40.8 Å². The molecular weight excluding hydrogens is 269 g/mol. The van der Waals surface area contributed by atoms with E-state index in [-0.39, 0.29) is 11.7 Å². The van der Waals surface area contributed by atoms with Crippen molar-refractivity contribution in [1.82, 2.24) is 5.32 Å². The predicted octanol–water partition coefficient (Wildman–Crippen LogP) is 1.79. The molecule has 0 heterocycles. The molecule has 64 valence electrons. The zero-order valence-corrected chi connectivity index (χ0v) is 8.55. The summed E-state index contributed by atoms with van der Waals surface area (Å²) in [7, 11) is 1.54. The molecular formula is C8H7FINO. The maximum Gasteiger partial charge on any atom is 0.251 e. The average molecular weight is 276 g/mol. The first-order valence-corrected chi connectivity index (χ1v) is 4.40. The number of carbonyl (C=O) groups excluding carboxylic acids is 1. The number of carbonyl (C=O) groups is 1. The van der Waals surface area contributed by atoms with Crippen molar-refractivity contribution in [2.75, 3.05) is 7.05 Å². The first-order chi connectivity index (χ1) is 5.65. The summed E-state index contributed by atoms with van der Waals surface area (Å²) >= 11 is 1.84. The van der Waals surface area contributed by atoms with Crippen LogP contribution in [0.2, 0.25) is 0 Å². The van der Waals surface area contributed by atoms with Gasteiger partial charge in [-0.25, -0.2) is 4.39 Å². The van der Waals surface area contributed by atoms with E-state index in [1.807, 2.05) is 22.6 Å². The molecule has 2 nitrogen and oxygen atoms in total. The largest absolute Gasteiger partial charge is 0.355 e. The molecule has 4 heteroatoms. The van der Waals surface area contributed by atoms with E-state index < -0.39 is 0 Å². The third kappa shape index (κ3) is 1.94. The number of hydrogen-bond donors (Lipinski definition) is 1. The van der Waals surface area contributed by atoms with E-state index in [9.17, 15) is 9.18 Å². The lowest BCUT2D eigenvalue weighted by atomic mass is 10.2. The number of benzene rings is 1. The van der Waals surface area contributed by atoms with Crippen LogP contribution in [0, 0.1) is 9.39 Å². The summed E-state index contributed by atoms with van der Waals surface area (Å²) in [6.45, 7) is 0. The Labute approximate surface area is 83.3 Å². The van der Waals surface area contributed by atoms with Crippen LogP contribution in [0.4, 0.5) is 4.39 Å². The molecule has 0 fully saturated rings. The molecule has 0 aliphatic heterocycles. The van der Waals surface area contributed by atoms with Gasteiger partial charge in [0.2, 0.25) is 0 Å². The lowest BCUT2D eigenvalue weighted by molar-refractivity contribution is 0.0963. The van der Waals surface area contributed by atoms with Crippen molar-refractivity contribution in [3.8, 4) is 0 Å². The number of rotatable bonds is 1. The average Bonchev–Trinajstić information content (AvgIpc) is 2.08. The molecule has 0 unspecified atom stereocenters. The fourth-order valence-electron chi connectivity index (χ4n) is 0.782. The third-order valence-electron chi connectivity index (χ3n) is 1.41. The highest BCUT2D eigenvalue weighted by Gasteiger charge is 2.05. The summed E-state index contributed by atoms with van der Waals surface area (Å²) in [6.07, 6.45) is 0. The molecule has 1 aromatic carbocycles. The highest BCUT2D eigenvalue weighted by Crippen LogP contribution is 2.12. The Kier molecular flexibility index (Phi) is 3.02. The molecule has 1 rings (SSSR count). The molecule has 0 aromatic heterocycles. The predicted molar refractivity (Wildman–Crippen MR) is 52.5 cm³/mol. The highest BCUT2D eigenvalue weighted by molar-refractivity contribution is 14.1. The van der Waals surface area contributed by atoms with Crippen LogP contribution >= 0.6 is 22.6 Å². The zero-order valence-electron chi connectivity index (χ0n) is 6.40. The van der Waals surface area contributed by atoms with Crippen LogP contribution in [0.5, 0.6) is 0 Å². The van der Waals surface area contributed by atoms with Crippen molar-refractivity contribution >= 4 is 28.5 Å². The minimum atomic E-state index is -0.303. The molecule has 12 heavy (non-hydrogen) atoms. The van der Waals surface area contributed by atoms with Crippen LogP contribution in [-0.2, 0) is 0 Å². The van der Waals surface area contributed by atoms with E-state index in [4.69, 9.17) is 0 Å². The minimum Gasteiger partial charge on any atom is -0.355 e. The number of amides is 1. The fraction of sp³-hybridized carbons (Fsp3) is 0.125. The van der Waals surface area contributed by atoms with Gasteiger partial charge in [0.05, 0.1) is 0 Å². The molecule has 1 aromatic rings. The molecule has 1 N–H and O–H groups in total. The number of hydrogen-bond acceptors (Lipinski definition) is 1. The smallest absolute Gasteiger partial charge is 0.251 e. The van der Waals surface area contributed by atoms with E-state index in [0.717, 1.165) is 0 Å². The fourth-order valence-corrected chi connectivity index (χ4v) is 1.30. The first kappa shape index (κ1) is 9.44. The van der Waals surface area contributed by atoms with Crippen molar-refractivity contribution in [3.05, 3.63) is 33.1 Å². The standard InChI is InChI=1S/C8H7FINO/c1-11-8(12)5-2-3-6(9)7(10)4-5/h2-4H,1H3,(H,11,12)/i9-1,10-2. The topological polar surface area (TPSA) is 29.1 Å². The Morgan fingerprint density at radius 2 is 2.25 bits per heavy atom. The lowest BCUT2D eigenvalue weighted by Gasteiger charge is -2.00. The van der Waals surface area contributed by atoms with E-state index in [1.165, 1.54) is 18.2 Å². The SMILES string of the molecule is CNC(=O)c1ccc([18F])c([125I])c1. The van der Waals surface area contributed by atoms with E-state index in [1.54, 1.807) is 7.05 Å². The third-order valence-corrected chi connectivity index (χ3v) is 2.24. The van der Waals surface area contributed by atoms with Gasteiger partial charge in [-0.1, -0.05) is 0 Å². The molecule has 0 saturated heterocycles. The Bertz CT molecular complexity index is 314. The second-order valence-corrected chi connectivity index (χ2v) is 3.37. The Morgan fingerprint density at radius 1 is 1.58 bits per heavy atom. The summed E-state index contributed by atoms with van der Waals surface area (Å²) < 4.78 is 13.2. The van der Waals surface area contributed by atoms with E-state index in [2.05, 4.69) is 5.32 Å². The first-order valence-electron chi connectivity index (χ1n) is 3.32. The van der Waals surface area contributed by atoms with Crippen LogP contribution in [-0.4, -0.2) is 13.0 Å². The minimum absolute atomic E-state index is 0.201. The van der Waals surface area contributed by atoms with Crippen molar-refractivity contribution in [3.63, 3.8) is 0 Å². The van der Waals surface area contributed by atoms with Crippen LogP contribution in [0.1, 0.15) is 10.4 Å². The maximum absolute atomic E-state index is 12.7. The van der Waals surface area contributed by atoms with Crippen LogP contribution in [0.25, 0.3) is 0 Å². The molecule has 0 aliphatic carbocycles. The van der Waals surface area contributed by atoms with E-state index in [0.29, 0.717) is 9.13 Å². The van der Waals surface area contributed by atoms with E-state index >= 15 is 0 Å². The lowest BCUT2D eigenvalue weighted by Crippen LogP contribution is -2.17. The monoisotopic (exact) mass is 276 g/mol. The van der Waals surface area contributed by atoms with Gasteiger partial charge in [0.1, 0.15) is 5.82 Å². The van der Waals surface area contributed by atoms with Crippen molar-refractivity contribution in [2.45, 2.75) is 0 Å². The summed E-state index contributed by atoms with van der Waals surface area (Å²) in [6, 6.07) is 4.25. The van der Waals surface area contributed by atoms with Gasteiger partial charge >= 0.3 is 0 Å². The molecule has 0 bridgehead atoms. The van der Waals surface area contributed by atoms with Gasteiger partial charge in [0.15, 0.2) is 0 Å². The van der Waals surface area contributed by atoms with Gasteiger partial charge in [0, 0.05) is 16.2 Å². The Balaban J connectivity index is 3.05. The molecule has 0 radical (unpaired) electrons. The quantitative estimate of drug-likeness (QED) is 0.778. The normalized spacial score (nSPS) is 9.58. The van der Waals surface area contributed by atoms with Crippen molar-refractivity contribution in [1.29, 1.82) is 0 Å². The van der Waals surface area contributed by atoms with Crippen LogP contribution < -0.4 is 5.32 Å². The molecule has 0 atom stereocenters. The Hall–Kier alpha value is -0.650. The summed E-state index contributed by atoms with van der Waals surface area (Å²) in [4.78, 5) is 11.0. The maximum atomic E-state index is 12.7. The molecule has 0 aliphatic rings. The summed E-state index contributed by atoms with van der Waals surface area (Å²) in [5.74, 6) is -0.504. The second kappa shape index (κ2) is 3.84. The van der Waals surface area contributed by atoms with Crippen LogP contribution in [0.15, 0.2) is 18.2 Å². The van der Waals surface area contributed by atoms with Gasteiger partial charge in [-0.3, -0.25) is 4.79 Å². The second-order valence-electron chi connectivity index (χ2n) is 2.21. The number of nitrogens with one attached hydrogen (secondary N) is 1. The van der Waals surface area contributed by atoms with Gasteiger partial charge in [-0.2, -0.15) is 0 Å². The van der Waals surface area contributed by atoms with Crippen molar-refractivity contribution < 1.29 is 9.18 Å². The van der Waals surface area contributed by atoms with Crippen molar-refractivity contribution in [2.24, 2.45) is 0 Å². The molecule has 1 amide bonds. The van der Waals surface area contributed by atoms with Gasteiger partial charge in [-0.15, -0.1) is 0 Å². The zero-order chi connectivity index (χ0) is 9.14.